The summed E-state index contributed by atoms with van der Waals surface area (Å²) in [5.41, 5.74) is 1.05. The number of carbonyl (C=O) groups is 1. The molecule has 1 amide bonds. The number of thiazole rings is 1. The van der Waals surface area contributed by atoms with E-state index in [1.807, 2.05) is 28.5 Å². The van der Waals surface area contributed by atoms with Gasteiger partial charge in [-0.25, -0.2) is 4.98 Å². The lowest BCUT2D eigenvalue weighted by Crippen LogP contribution is -2.44. The average Bonchev–Trinajstić information content (AvgIpc) is 3.59. The van der Waals surface area contributed by atoms with E-state index >= 15 is 0 Å². The lowest BCUT2D eigenvalue weighted by Gasteiger charge is -2.33. The van der Waals surface area contributed by atoms with Gasteiger partial charge >= 0.3 is 0 Å². The minimum absolute atomic E-state index is 0.159. The molecule has 0 radical (unpaired) electrons. The maximum atomic E-state index is 13.2. The maximum Gasteiger partial charge on any atom is 0.257 e. The van der Waals surface area contributed by atoms with Crippen LogP contribution in [-0.4, -0.2) is 57.1 Å². The quantitative estimate of drug-likeness (QED) is 0.352. The molecule has 1 fully saturated rings. The van der Waals surface area contributed by atoms with E-state index in [1.165, 1.54) is 4.70 Å². The Kier molecular flexibility index (Phi) is 6.80. The third kappa shape index (κ3) is 5.15. The Morgan fingerprint density at radius 2 is 2.15 bits per heavy atom. The number of para-hydroxylation sites is 1. The highest BCUT2D eigenvalue weighted by Crippen LogP contribution is 2.33. The van der Waals surface area contributed by atoms with E-state index in [0.29, 0.717) is 30.8 Å². The fourth-order valence-electron chi connectivity index (χ4n) is 4.30. The number of benzene rings is 1. The first-order valence-electron chi connectivity index (χ1n) is 11.4. The molecule has 4 heterocycles. The van der Waals surface area contributed by atoms with E-state index in [0.717, 1.165) is 54.3 Å². The SMILES string of the molecule is CCCN(CC(=O)N1CCC[C@H](c2nc3ccccc3s2)C1)Cc1nnc(-c2cccs2)o1. The second-order valence-electron chi connectivity index (χ2n) is 8.39. The lowest BCUT2D eigenvalue weighted by atomic mass is 9.98. The summed E-state index contributed by atoms with van der Waals surface area (Å²) in [5, 5.41) is 11.5. The van der Waals surface area contributed by atoms with Gasteiger partial charge in [0.1, 0.15) is 0 Å². The number of rotatable bonds is 8. The van der Waals surface area contributed by atoms with E-state index in [-0.39, 0.29) is 5.91 Å². The molecule has 1 aliphatic rings. The molecule has 0 spiro atoms. The number of piperidine rings is 1. The Balaban J connectivity index is 1.22. The number of carbonyl (C=O) groups excluding carboxylic acids is 1. The first-order chi connectivity index (χ1) is 16.2. The highest BCUT2D eigenvalue weighted by atomic mass is 32.1. The number of aromatic nitrogens is 3. The molecule has 0 aliphatic carbocycles. The van der Waals surface area contributed by atoms with Gasteiger partial charge in [0.05, 0.1) is 33.2 Å². The second-order valence-corrected chi connectivity index (χ2v) is 10.4. The number of nitrogens with zero attached hydrogens (tertiary/aromatic N) is 5. The summed E-state index contributed by atoms with van der Waals surface area (Å²) in [7, 11) is 0. The molecular weight excluding hydrogens is 454 g/mol. The summed E-state index contributed by atoms with van der Waals surface area (Å²) in [5.74, 6) is 1.56. The molecule has 7 nitrogen and oxygen atoms in total. The molecule has 33 heavy (non-hydrogen) atoms. The molecule has 1 atom stereocenters. The van der Waals surface area contributed by atoms with Crippen molar-refractivity contribution in [2.45, 2.75) is 38.6 Å². The van der Waals surface area contributed by atoms with Gasteiger partial charge in [-0.1, -0.05) is 25.1 Å². The van der Waals surface area contributed by atoms with Gasteiger partial charge < -0.3 is 9.32 Å². The molecule has 9 heteroatoms. The highest BCUT2D eigenvalue weighted by molar-refractivity contribution is 7.18. The van der Waals surface area contributed by atoms with E-state index in [2.05, 4.69) is 40.2 Å². The second kappa shape index (κ2) is 10.1. The summed E-state index contributed by atoms with van der Waals surface area (Å²) < 4.78 is 7.06. The van der Waals surface area contributed by atoms with Gasteiger partial charge in [0.25, 0.3) is 5.89 Å². The van der Waals surface area contributed by atoms with Crippen LogP contribution in [0.15, 0.2) is 46.2 Å². The minimum atomic E-state index is 0.159. The molecule has 172 valence electrons. The normalized spacial score (nSPS) is 16.7. The number of amides is 1. The molecule has 1 aromatic carbocycles. The molecule has 0 bridgehead atoms. The lowest BCUT2D eigenvalue weighted by molar-refractivity contribution is -0.133. The van der Waals surface area contributed by atoms with Crippen LogP contribution in [0.25, 0.3) is 21.0 Å². The van der Waals surface area contributed by atoms with Gasteiger partial charge in [0, 0.05) is 19.0 Å². The van der Waals surface area contributed by atoms with Crippen LogP contribution in [0, 0.1) is 0 Å². The largest absolute Gasteiger partial charge is 0.419 e. The van der Waals surface area contributed by atoms with Crippen molar-refractivity contribution in [2.24, 2.45) is 0 Å². The van der Waals surface area contributed by atoms with Gasteiger partial charge in [-0.3, -0.25) is 9.69 Å². The van der Waals surface area contributed by atoms with Gasteiger partial charge in [0.2, 0.25) is 11.8 Å². The highest BCUT2D eigenvalue weighted by Gasteiger charge is 2.28. The van der Waals surface area contributed by atoms with Crippen LogP contribution < -0.4 is 0 Å². The first-order valence-corrected chi connectivity index (χ1v) is 13.1. The van der Waals surface area contributed by atoms with E-state index in [4.69, 9.17) is 9.40 Å². The van der Waals surface area contributed by atoms with Crippen LogP contribution in [0.1, 0.15) is 43.0 Å². The average molecular weight is 482 g/mol. The third-order valence-corrected chi connectivity index (χ3v) is 7.95. The zero-order chi connectivity index (χ0) is 22.6. The molecule has 0 saturated carbocycles. The smallest absolute Gasteiger partial charge is 0.257 e. The van der Waals surface area contributed by atoms with Crippen molar-refractivity contribution < 1.29 is 9.21 Å². The Bertz CT molecular complexity index is 1170. The van der Waals surface area contributed by atoms with Crippen LogP contribution in [0.4, 0.5) is 0 Å². The number of likely N-dealkylation sites (tertiary alicyclic amines) is 1. The van der Waals surface area contributed by atoms with Crippen molar-refractivity contribution in [1.82, 2.24) is 25.0 Å². The Morgan fingerprint density at radius 3 is 2.97 bits per heavy atom. The van der Waals surface area contributed by atoms with E-state index in [1.54, 1.807) is 22.7 Å². The minimum Gasteiger partial charge on any atom is -0.419 e. The van der Waals surface area contributed by atoms with E-state index < -0.39 is 0 Å². The molecular formula is C24H27N5O2S2. The summed E-state index contributed by atoms with van der Waals surface area (Å²) in [6, 6.07) is 12.2. The van der Waals surface area contributed by atoms with E-state index in [9.17, 15) is 4.79 Å². The van der Waals surface area contributed by atoms with Crippen molar-refractivity contribution in [2.75, 3.05) is 26.2 Å². The molecule has 4 aromatic rings. The first kappa shape index (κ1) is 22.2. The fraction of sp³-hybridized carbons (Fsp3) is 0.417. The van der Waals surface area contributed by atoms with Gasteiger partial charge in [0.15, 0.2) is 0 Å². The van der Waals surface area contributed by atoms with Gasteiger partial charge in [-0.15, -0.1) is 32.9 Å². The van der Waals surface area contributed by atoms with Crippen LogP contribution in [0.5, 0.6) is 0 Å². The molecule has 3 aromatic heterocycles. The topological polar surface area (TPSA) is 75.4 Å². The van der Waals surface area contributed by atoms with Crippen molar-refractivity contribution in [3.63, 3.8) is 0 Å². The molecule has 1 aliphatic heterocycles. The standard InChI is InChI=1S/C24H27N5O2S2/c1-2-11-28(15-21-26-27-23(31-21)20-10-6-13-32-20)16-22(30)29-12-5-7-17(14-29)24-25-18-8-3-4-9-19(18)33-24/h3-4,6,8-10,13,17H,2,5,7,11-12,14-16H2,1H3/t17-/m0/s1. The summed E-state index contributed by atoms with van der Waals surface area (Å²) >= 11 is 3.33. The maximum absolute atomic E-state index is 13.2. The Labute approximate surface area is 201 Å². The van der Waals surface area contributed by atoms with Crippen LogP contribution >= 0.6 is 22.7 Å². The summed E-state index contributed by atoms with van der Waals surface area (Å²) in [4.78, 5) is 23.1. The number of fused-ring (bicyclic) bond motifs is 1. The third-order valence-electron chi connectivity index (χ3n) is 5.89. The molecule has 0 N–H and O–H groups in total. The van der Waals surface area contributed by atoms with Crippen molar-refractivity contribution in [3.05, 3.63) is 52.7 Å². The molecule has 5 rings (SSSR count). The Morgan fingerprint density at radius 1 is 1.24 bits per heavy atom. The zero-order valence-electron chi connectivity index (χ0n) is 18.6. The predicted octanol–water partition coefficient (Wildman–Crippen LogP) is 5.03. The van der Waals surface area contributed by atoms with Crippen LogP contribution in [0.3, 0.4) is 0 Å². The molecule has 0 unspecified atom stereocenters. The van der Waals surface area contributed by atoms with Gasteiger partial charge in [-0.05, 0) is 49.4 Å². The summed E-state index contributed by atoms with van der Waals surface area (Å²) in [6.45, 7) is 5.30. The Hall–Kier alpha value is -2.62. The predicted molar refractivity (Wildman–Crippen MR) is 131 cm³/mol. The zero-order valence-corrected chi connectivity index (χ0v) is 20.3. The fourth-order valence-corrected chi connectivity index (χ4v) is 6.04. The summed E-state index contributed by atoms with van der Waals surface area (Å²) in [6.07, 6.45) is 3.04. The van der Waals surface area contributed by atoms with Crippen molar-refractivity contribution in [1.29, 1.82) is 0 Å². The number of hydrogen-bond acceptors (Lipinski definition) is 8. The number of hydrogen-bond donors (Lipinski definition) is 0. The van der Waals surface area contributed by atoms with Crippen LogP contribution in [-0.2, 0) is 11.3 Å². The monoisotopic (exact) mass is 481 g/mol. The molecule has 1 saturated heterocycles. The van der Waals surface area contributed by atoms with Crippen LogP contribution in [0.2, 0.25) is 0 Å². The van der Waals surface area contributed by atoms with Crippen molar-refractivity contribution in [3.8, 4) is 10.8 Å². The van der Waals surface area contributed by atoms with Gasteiger partial charge in [-0.2, -0.15) is 0 Å². The van der Waals surface area contributed by atoms with Crippen molar-refractivity contribution >= 4 is 38.8 Å². The number of thiophene rings is 1.